The van der Waals surface area contributed by atoms with Gasteiger partial charge in [-0.05, 0) is 61.5 Å². The van der Waals surface area contributed by atoms with Crippen molar-refractivity contribution >= 4 is 23.2 Å². The van der Waals surface area contributed by atoms with Crippen molar-refractivity contribution in [2.24, 2.45) is 0 Å². The Kier molecular flexibility index (Phi) is 5.74. The average molecular weight is 431 g/mol. The van der Waals surface area contributed by atoms with E-state index in [-0.39, 0.29) is 12.5 Å². The van der Waals surface area contributed by atoms with Crippen LogP contribution >= 0.6 is 23.2 Å². The Morgan fingerprint density at radius 1 is 0.931 bits per heavy atom. The van der Waals surface area contributed by atoms with Crippen molar-refractivity contribution in [1.82, 2.24) is 10.1 Å². The van der Waals surface area contributed by atoms with Crippen LogP contribution in [-0.2, 0) is 6.61 Å². The summed E-state index contributed by atoms with van der Waals surface area (Å²) in [6.07, 6.45) is 0. The summed E-state index contributed by atoms with van der Waals surface area (Å²) in [5.41, 5.74) is 0.622. The summed E-state index contributed by atoms with van der Waals surface area (Å²) >= 11 is 12.1. The Morgan fingerprint density at radius 3 is 2.41 bits per heavy atom. The molecule has 4 rings (SSSR count). The van der Waals surface area contributed by atoms with E-state index >= 15 is 0 Å². The lowest BCUT2D eigenvalue weighted by atomic mass is 10.2. The predicted molar refractivity (Wildman–Crippen MR) is 109 cm³/mol. The second kappa shape index (κ2) is 8.59. The van der Waals surface area contributed by atoms with Gasteiger partial charge in [0.1, 0.15) is 23.9 Å². The number of hydrogen-bond donors (Lipinski definition) is 0. The number of furan rings is 1. The molecule has 2 aromatic heterocycles. The lowest BCUT2D eigenvalue weighted by molar-refractivity contribution is 0.269. The standard InChI is InChI=1S/C21H16Cl2N2O4/c1-2-26-14-4-6-15(7-5-14)27-12-16-8-10-19(28-16)21-24-20(25-29-21)17-9-3-13(22)11-18(17)23/h3-11H,2,12H2,1H3. The molecule has 0 saturated heterocycles. The highest BCUT2D eigenvalue weighted by Gasteiger charge is 2.16. The molecule has 0 atom stereocenters. The van der Waals surface area contributed by atoms with E-state index in [1.165, 1.54) is 0 Å². The highest BCUT2D eigenvalue weighted by Crippen LogP contribution is 2.30. The van der Waals surface area contributed by atoms with Gasteiger partial charge in [-0.3, -0.25) is 0 Å². The zero-order valence-electron chi connectivity index (χ0n) is 15.4. The number of nitrogens with zero attached hydrogens (tertiary/aromatic N) is 2. The maximum absolute atomic E-state index is 6.20. The molecule has 0 spiro atoms. The van der Waals surface area contributed by atoms with Gasteiger partial charge in [-0.15, -0.1) is 0 Å². The molecule has 0 amide bonds. The molecule has 29 heavy (non-hydrogen) atoms. The maximum Gasteiger partial charge on any atom is 0.293 e. The van der Waals surface area contributed by atoms with E-state index in [0.29, 0.717) is 45.3 Å². The third-order valence-corrected chi connectivity index (χ3v) is 4.53. The zero-order valence-corrected chi connectivity index (χ0v) is 16.9. The molecule has 0 bridgehead atoms. The molecule has 2 aromatic carbocycles. The van der Waals surface area contributed by atoms with E-state index < -0.39 is 0 Å². The van der Waals surface area contributed by atoms with Crippen molar-refractivity contribution in [2.75, 3.05) is 6.61 Å². The highest BCUT2D eigenvalue weighted by molar-refractivity contribution is 6.36. The number of hydrogen-bond acceptors (Lipinski definition) is 6. The molecule has 148 valence electrons. The molecule has 0 unspecified atom stereocenters. The van der Waals surface area contributed by atoms with Crippen molar-refractivity contribution in [3.8, 4) is 34.5 Å². The minimum atomic E-state index is 0.248. The first-order valence-corrected chi connectivity index (χ1v) is 9.62. The molecule has 0 aliphatic carbocycles. The Hall–Kier alpha value is -2.96. The Morgan fingerprint density at radius 2 is 1.69 bits per heavy atom. The van der Waals surface area contributed by atoms with E-state index in [1.807, 2.05) is 31.2 Å². The largest absolute Gasteiger partial charge is 0.494 e. The van der Waals surface area contributed by atoms with Crippen molar-refractivity contribution in [3.63, 3.8) is 0 Å². The van der Waals surface area contributed by atoms with E-state index in [0.717, 1.165) is 5.75 Å². The van der Waals surface area contributed by atoms with Gasteiger partial charge in [0, 0.05) is 10.6 Å². The Labute approximate surface area is 177 Å². The van der Waals surface area contributed by atoms with Crippen LogP contribution in [0.4, 0.5) is 0 Å². The third-order valence-electron chi connectivity index (χ3n) is 3.99. The highest BCUT2D eigenvalue weighted by atomic mass is 35.5. The fourth-order valence-corrected chi connectivity index (χ4v) is 3.12. The number of halogens is 2. The minimum Gasteiger partial charge on any atom is -0.494 e. The summed E-state index contributed by atoms with van der Waals surface area (Å²) in [5, 5.41) is 4.93. The number of ether oxygens (including phenoxy) is 2. The Bertz CT molecular complexity index is 1110. The van der Waals surface area contributed by atoms with Gasteiger partial charge in [0.05, 0.1) is 11.6 Å². The van der Waals surface area contributed by atoms with Gasteiger partial charge in [-0.1, -0.05) is 28.4 Å². The first-order chi connectivity index (χ1) is 14.1. The second-order valence-corrected chi connectivity index (χ2v) is 6.85. The quantitative estimate of drug-likeness (QED) is 0.343. The van der Waals surface area contributed by atoms with Gasteiger partial charge >= 0.3 is 0 Å². The van der Waals surface area contributed by atoms with Crippen LogP contribution in [0.3, 0.4) is 0 Å². The van der Waals surface area contributed by atoms with Gasteiger partial charge in [0.2, 0.25) is 5.82 Å². The second-order valence-electron chi connectivity index (χ2n) is 6.01. The Balaban J connectivity index is 1.43. The molecule has 0 fully saturated rings. The van der Waals surface area contributed by atoms with E-state index in [1.54, 1.807) is 30.3 Å². The lowest BCUT2D eigenvalue weighted by Crippen LogP contribution is -1.94. The molecular formula is C21H16Cl2N2O4. The van der Waals surface area contributed by atoms with Crippen LogP contribution in [0.1, 0.15) is 12.7 Å². The van der Waals surface area contributed by atoms with Crippen LogP contribution < -0.4 is 9.47 Å². The first kappa shape index (κ1) is 19.4. The van der Waals surface area contributed by atoms with Crippen LogP contribution in [0.2, 0.25) is 10.0 Å². The molecule has 0 aliphatic heterocycles. The van der Waals surface area contributed by atoms with Crippen molar-refractivity contribution < 1.29 is 18.4 Å². The lowest BCUT2D eigenvalue weighted by Gasteiger charge is -2.06. The molecule has 0 aliphatic rings. The van der Waals surface area contributed by atoms with E-state index in [4.69, 9.17) is 41.6 Å². The molecule has 0 saturated carbocycles. The van der Waals surface area contributed by atoms with Crippen molar-refractivity contribution in [3.05, 3.63) is 70.4 Å². The molecule has 2 heterocycles. The number of aromatic nitrogens is 2. The molecule has 0 N–H and O–H groups in total. The normalized spacial score (nSPS) is 10.9. The zero-order chi connectivity index (χ0) is 20.2. The summed E-state index contributed by atoms with van der Waals surface area (Å²) in [6, 6.07) is 16.0. The van der Waals surface area contributed by atoms with Gasteiger partial charge in [-0.25, -0.2) is 0 Å². The average Bonchev–Trinajstić information content (AvgIpc) is 3.37. The van der Waals surface area contributed by atoms with Gasteiger partial charge in [0.25, 0.3) is 5.89 Å². The van der Waals surface area contributed by atoms with Gasteiger partial charge in [0.15, 0.2) is 5.76 Å². The van der Waals surface area contributed by atoms with Crippen LogP contribution in [0, 0.1) is 0 Å². The van der Waals surface area contributed by atoms with Crippen molar-refractivity contribution in [2.45, 2.75) is 13.5 Å². The van der Waals surface area contributed by atoms with E-state index in [2.05, 4.69) is 10.1 Å². The SMILES string of the molecule is CCOc1ccc(OCc2ccc(-c3nc(-c4ccc(Cl)cc4Cl)no3)o2)cc1. The molecule has 4 aromatic rings. The summed E-state index contributed by atoms with van der Waals surface area (Å²) in [6.45, 7) is 2.82. The van der Waals surface area contributed by atoms with Gasteiger partial charge in [-0.2, -0.15) is 4.98 Å². The van der Waals surface area contributed by atoms with Gasteiger partial charge < -0.3 is 18.4 Å². The van der Waals surface area contributed by atoms with Crippen LogP contribution in [-0.4, -0.2) is 16.7 Å². The molecule has 8 heteroatoms. The third kappa shape index (κ3) is 4.55. The summed E-state index contributed by atoms with van der Waals surface area (Å²) in [5.74, 6) is 3.18. The van der Waals surface area contributed by atoms with E-state index in [9.17, 15) is 0 Å². The van der Waals surface area contributed by atoms with Crippen molar-refractivity contribution in [1.29, 1.82) is 0 Å². The minimum absolute atomic E-state index is 0.248. The number of benzene rings is 2. The molecule has 6 nitrogen and oxygen atoms in total. The van der Waals surface area contributed by atoms with Crippen LogP contribution in [0.15, 0.2) is 63.5 Å². The van der Waals surface area contributed by atoms with Crippen LogP contribution in [0.25, 0.3) is 23.0 Å². The fourth-order valence-electron chi connectivity index (χ4n) is 2.63. The monoisotopic (exact) mass is 430 g/mol. The summed E-state index contributed by atoms with van der Waals surface area (Å²) in [4.78, 5) is 4.35. The topological polar surface area (TPSA) is 70.5 Å². The smallest absolute Gasteiger partial charge is 0.293 e. The predicted octanol–water partition coefficient (Wildman–Crippen LogP) is 6.28. The fraction of sp³-hybridized carbons (Fsp3) is 0.143. The molecular weight excluding hydrogens is 415 g/mol. The summed E-state index contributed by atoms with van der Waals surface area (Å²) in [7, 11) is 0. The number of rotatable bonds is 7. The maximum atomic E-state index is 6.20. The first-order valence-electron chi connectivity index (χ1n) is 8.86. The molecule has 0 radical (unpaired) electrons. The van der Waals surface area contributed by atoms with Crippen LogP contribution in [0.5, 0.6) is 11.5 Å². The summed E-state index contributed by atoms with van der Waals surface area (Å²) < 4.78 is 22.2.